The van der Waals surface area contributed by atoms with E-state index in [0.29, 0.717) is 17.2 Å². The summed E-state index contributed by atoms with van der Waals surface area (Å²) >= 11 is 0. The summed E-state index contributed by atoms with van der Waals surface area (Å²) < 4.78 is 39.8. The molecule has 0 amide bonds. The molecule has 0 unspecified atom stereocenters. The zero-order valence-electron chi connectivity index (χ0n) is 9.90. The number of benzene rings is 1. The Hall–Kier alpha value is -2.31. The minimum Gasteiger partial charge on any atom is -0.406 e. The monoisotopic (exact) mass is 269 g/mol. The van der Waals surface area contributed by atoms with Gasteiger partial charge in [-0.2, -0.15) is 0 Å². The zero-order chi connectivity index (χ0) is 13.9. The van der Waals surface area contributed by atoms with Gasteiger partial charge in [0, 0.05) is 18.8 Å². The molecule has 4 nitrogen and oxygen atoms in total. The van der Waals surface area contributed by atoms with Crippen molar-refractivity contribution in [2.75, 3.05) is 12.4 Å². The van der Waals surface area contributed by atoms with Gasteiger partial charge in [0.1, 0.15) is 5.75 Å². The van der Waals surface area contributed by atoms with Crippen molar-refractivity contribution in [1.82, 2.24) is 9.97 Å². The molecule has 2 aromatic rings. The third kappa shape index (κ3) is 3.57. The predicted octanol–water partition coefficient (Wildman–Crippen LogP) is 3.08. The molecule has 0 fully saturated rings. The lowest BCUT2D eigenvalue weighted by molar-refractivity contribution is -0.274. The van der Waals surface area contributed by atoms with E-state index in [1.807, 2.05) is 0 Å². The van der Waals surface area contributed by atoms with Crippen molar-refractivity contribution < 1.29 is 17.9 Å². The average Bonchev–Trinajstić information content (AvgIpc) is 2.38. The van der Waals surface area contributed by atoms with Gasteiger partial charge in [-0.25, -0.2) is 9.97 Å². The fraction of sp³-hybridized carbons (Fsp3) is 0.167. The normalized spacial score (nSPS) is 11.2. The Morgan fingerprint density at radius 1 is 1.11 bits per heavy atom. The summed E-state index contributed by atoms with van der Waals surface area (Å²) in [7, 11) is 1.68. The maximum absolute atomic E-state index is 12.0. The molecule has 19 heavy (non-hydrogen) atoms. The van der Waals surface area contributed by atoms with Crippen molar-refractivity contribution in [2.45, 2.75) is 6.36 Å². The van der Waals surface area contributed by atoms with Crippen LogP contribution in [0.2, 0.25) is 0 Å². The number of rotatable bonds is 3. The van der Waals surface area contributed by atoms with E-state index in [2.05, 4.69) is 20.0 Å². The lowest BCUT2D eigenvalue weighted by atomic mass is 10.1. The highest BCUT2D eigenvalue weighted by Gasteiger charge is 2.30. The number of hydrogen-bond donors (Lipinski definition) is 1. The zero-order valence-corrected chi connectivity index (χ0v) is 9.90. The molecule has 100 valence electrons. The Morgan fingerprint density at radius 3 is 2.37 bits per heavy atom. The van der Waals surface area contributed by atoms with Crippen molar-refractivity contribution in [3.8, 4) is 17.0 Å². The van der Waals surface area contributed by atoms with Gasteiger partial charge in [0.2, 0.25) is 5.95 Å². The van der Waals surface area contributed by atoms with Crippen molar-refractivity contribution in [3.63, 3.8) is 0 Å². The molecule has 1 heterocycles. The van der Waals surface area contributed by atoms with Crippen LogP contribution in [-0.4, -0.2) is 23.4 Å². The summed E-state index contributed by atoms with van der Waals surface area (Å²) in [5.41, 5.74) is 1.28. The smallest absolute Gasteiger partial charge is 0.406 e. The molecule has 0 aliphatic rings. The van der Waals surface area contributed by atoms with E-state index in [9.17, 15) is 13.2 Å². The van der Waals surface area contributed by atoms with Gasteiger partial charge in [0.25, 0.3) is 0 Å². The number of aromatic nitrogens is 2. The van der Waals surface area contributed by atoms with Crippen molar-refractivity contribution in [2.24, 2.45) is 0 Å². The molecule has 2 rings (SSSR count). The van der Waals surface area contributed by atoms with Gasteiger partial charge in [-0.1, -0.05) is 0 Å². The van der Waals surface area contributed by atoms with E-state index < -0.39 is 6.36 Å². The molecular weight excluding hydrogens is 259 g/mol. The maximum atomic E-state index is 12.0. The number of hydrogen-bond acceptors (Lipinski definition) is 4. The van der Waals surface area contributed by atoms with Crippen LogP contribution in [0.5, 0.6) is 5.75 Å². The first-order valence-corrected chi connectivity index (χ1v) is 5.35. The van der Waals surface area contributed by atoms with Gasteiger partial charge in [0.05, 0.1) is 5.69 Å². The van der Waals surface area contributed by atoms with Crippen molar-refractivity contribution in [1.29, 1.82) is 0 Å². The summed E-state index contributed by atoms with van der Waals surface area (Å²) in [4.78, 5) is 8.13. The summed E-state index contributed by atoms with van der Waals surface area (Å²) in [6, 6.07) is 7.15. The molecule has 0 spiro atoms. The SMILES string of the molecule is CNc1nccc(-c2ccc(OC(F)(F)F)cc2)n1. The molecule has 0 radical (unpaired) electrons. The molecule has 0 atom stereocenters. The molecule has 0 bridgehead atoms. The largest absolute Gasteiger partial charge is 0.573 e. The number of nitrogens with one attached hydrogen (secondary N) is 1. The highest BCUT2D eigenvalue weighted by atomic mass is 19.4. The molecule has 1 N–H and O–H groups in total. The van der Waals surface area contributed by atoms with Gasteiger partial charge >= 0.3 is 6.36 Å². The van der Waals surface area contributed by atoms with Crippen LogP contribution < -0.4 is 10.1 Å². The van der Waals surface area contributed by atoms with Crippen LogP contribution in [0.25, 0.3) is 11.3 Å². The van der Waals surface area contributed by atoms with E-state index in [0.717, 1.165) is 0 Å². The van der Waals surface area contributed by atoms with Crippen molar-refractivity contribution >= 4 is 5.95 Å². The van der Waals surface area contributed by atoms with E-state index in [1.54, 1.807) is 19.3 Å². The number of ether oxygens (including phenoxy) is 1. The van der Waals surface area contributed by atoms with Gasteiger partial charge in [-0.15, -0.1) is 13.2 Å². The van der Waals surface area contributed by atoms with Crippen molar-refractivity contribution in [3.05, 3.63) is 36.5 Å². The Bertz CT molecular complexity index is 555. The highest BCUT2D eigenvalue weighted by molar-refractivity contribution is 5.60. The second kappa shape index (κ2) is 5.13. The number of anilines is 1. The maximum Gasteiger partial charge on any atom is 0.573 e. The Kier molecular flexibility index (Phi) is 3.55. The van der Waals surface area contributed by atoms with Crippen LogP contribution in [0.1, 0.15) is 0 Å². The van der Waals surface area contributed by atoms with Gasteiger partial charge in [0.15, 0.2) is 0 Å². The molecule has 0 aliphatic carbocycles. The lowest BCUT2D eigenvalue weighted by Gasteiger charge is -2.09. The lowest BCUT2D eigenvalue weighted by Crippen LogP contribution is -2.16. The van der Waals surface area contributed by atoms with Gasteiger partial charge in [-0.3, -0.25) is 0 Å². The van der Waals surface area contributed by atoms with E-state index in [1.165, 1.54) is 24.3 Å². The first kappa shape index (κ1) is 13.1. The summed E-state index contributed by atoms with van der Waals surface area (Å²) in [5.74, 6) is 0.173. The standard InChI is InChI=1S/C12H10F3N3O/c1-16-11-17-7-6-10(18-11)8-2-4-9(5-3-8)19-12(13,14)15/h2-7H,1H3,(H,16,17,18). The second-order valence-corrected chi connectivity index (χ2v) is 3.59. The van der Waals surface area contributed by atoms with Crippen LogP contribution in [0.3, 0.4) is 0 Å². The highest BCUT2D eigenvalue weighted by Crippen LogP contribution is 2.25. The molecule has 0 aliphatic heterocycles. The summed E-state index contributed by atoms with van der Waals surface area (Å²) in [6.45, 7) is 0. The molecule has 7 heteroatoms. The molecular formula is C12H10F3N3O. The number of alkyl halides is 3. The first-order chi connectivity index (χ1) is 8.98. The van der Waals surface area contributed by atoms with E-state index in [-0.39, 0.29) is 5.75 Å². The van der Waals surface area contributed by atoms with Crippen LogP contribution in [-0.2, 0) is 0 Å². The fourth-order valence-corrected chi connectivity index (χ4v) is 1.47. The Morgan fingerprint density at radius 2 is 1.79 bits per heavy atom. The molecule has 1 aromatic carbocycles. The average molecular weight is 269 g/mol. The second-order valence-electron chi connectivity index (χ2n) is 3.59. The fourth-order valence-electron chi connectivity index (χ4n) is 1.47. The van der Waals surface area contributed by atoms with Gasteiger partial charge < -0.3 is 10.1 Å². The molecule has 1 aromatic heterocycles. The Labute approximate surface area is 107 Å². The third-order valence-electron chi connectivity index (χ3n) is 2.26. The van der Waals surface area contributed by atoms with Crippen LogP contribution >= 0.6 is 0 Å². The van der Waals surface area contributed by atoms with Gasteiger partial charge in [-0.05, 0) is 30.3 Å². The van der Waals surface area contributed by atoms with Crippen LogP contribution in [0, 0.1) is 0 Å². The van der Waals surface area contributed by atoms with E-state index >= 15 is 0 Å². The van der Waals surface area contributed by atoms with Crippen LogP contribution in [0.15, 0.2) is 36.5 Å². The van der Waals surface area contributed by atoms with E-state index in [4.69, 9.17) is 0 Å². The summed E-state index contributed by atoms with van der Waals surface area (Å²) in [6.07, 6.45) is -3.12. The molecule has 0 saturated heterocycles. The minimum atomic E-state index is -4.68. The molecule has 0 saturated carbocycles. The topological polar surface area (TPSA) is 47.0 Å². The number of nitrogens with zero attached hydrogens (tertiary/aromatic N) is 2. The summed E-state index contributed by atoms with van der Waals surface area (Å²) in [5, 5.41) is 2.78. The van der Waals surface area contributed by atoms with Crippen LogP contribution in [0.4, 0.5) is 19.1 Å². The third-order valence-corrected chi connectivity index (χ3v) is 2.26. The minimum absolute atomic E-state index is 0.265. The quantitative estimate of drug-likeness (QED) is 0.930. The predicted molar refractivity (Wildman–Crippen MR) is 63.7 cm³/mol. The number of halogens is 3. The first-order valence-electron chi connectivity index (χ1n) is 5.35. The Balaban J connectivity index is 2.22.